The van der Waals surface area contributed by atoms with Gasteiger partial charge in [0.1, 0.15) is 0 Å². The van der Waals surface area contributed by atoms with Crippen LogP contribution in [-0.2, 0) is 9.78 Å². The number of unbranched alkanes of at least 4 members (excludes halogenated alkanes) is 1. The van der Waals surface area contributed by atoms with E-state index >= 15 is 0 Å². The summed E-state index contributed by atoms with van der Waals surface area (Å²) >= 11 is 0. The van der Waals surface area contributed by atoms with E-state index in [9.17, 15) is 4.79 Å². The second-order valence-corrected chi connectivity index (χ2v) is 5.32. The lowest BCUT2D eigenvalue weighted by Crippen LogP contribution is -2.14. The van der Waals surface area contributed by atoms with Gasteiger partial charge in [0.25, 0.3) is 0 Å². The Morgan fingerprint density at radius 2 is 2.00 bits per heavy atom. The van der Waals surface area contributed by atoms with Gasteiger partial charge in [-0.3, -0.25) is 4.89 Å². The Hall–Kier alpha value is -1.35. The average Bonchev–Trinajstić information content (AvgIpc) is 2.45. The molecule has 1 atom stereocenters. The molecule has 0 bridgehead atoms. The van der Waals surface area contributed by atoms with Crippen LogP contribution in [0.25, 0.3) is 0 Å². The van der Waals surface area contributed by atoms with Gasteiger partial charge in [0.15, 0.2) is 0 Å². The van der Waals surface area contributed by atoms with Gasteiger partial charge >= 0.3 is 5.97 Å². The Balaban J connectivity index is 2.45. The number of aryl methyl sites for hydroxylation is 1. The van der Waals surface area contributed by atoms with Gasteiger partial charge < -0.3 is 0 Å². The SMILES string of the molecule is CCCCC(CC)COOC(=O)c1cccc(C)c1C. The molecular formula is C17H26O3. The lowest BCUT2D eigenvalue weighted by molar-refractivity contribution is -0.249. The first-order valence-corrected chi connectivity index (χ1v) is 7.50. The highest BCUT2D eigenvalue weighted by molar-refractivity contribution is 5.90. The van der Waals surface area contributed by atoms with Gasteiger partial charge in [-0.1, -0.05) is 45.2 Å². The van der Waals surface area contributed by atoms with E-state index in [0.29, 0.717) is 18.1 Å². The lowest BCUT2D eigenvalue weighted by atomic mass is 10.0. The number of hydrogen-bond acceptors (Lipinski definition) is 3. The maximum Gasteiger partial charge on any atom is 0.373 e. The largest absolute Gasteiger partial charge is 0.373 e. The summed E-state index contributed by atoms with van der Waals surface area (Å²) in [7, 11) is 0. The minimum Gasteiger partial charge on any atom is -0.293 e. The first-order chi connectivity index (χ1) is 9.60. The van der Waals surface area contributed by atoms with E-state index in [4.69, 9.17) is 9.78 Å². The molecule has 0 spiro atoms. The van der Waals surface area contributed by atoms with Gasteiger partial charge in [0.05, 0.1) is 12.2 Å². The lowest BCUT2D eigenvalue weighted by Gasteiger charge is -2.13. The van der Waals surface area contributed by atoms with Crippen LogP contribution in [0.1, 0.15) is 61.0 Å². The third-order valence-electron chi connectivity index (χ3n) is 3.81. The highest BCUT2D eigenvalue weighted by Gasteiger charge is 2.14. The van der Waals surface area contributed by atoms with Crippen molar-refractivity contribution in [1.82, 2.24) is 0 Å². The summed E-state index contributed by atoms with van der Waals surface area (Å²) < 4.78 is 0. The van der Waals surface area contributed by atoms with Gasteiger partial charge in [-0.05, 0) is 43.4 Å². The van der Waals surface area contributed by atoms with Crippen LogP contribution in [0.2, 0.25) is 0 Å². The van der Waals surface area contributed by atoms with E-state index in [-0.39, 0.29) is 0 Å². The van der Waals surface area contributed by atoms with Crippen LogP contribution in [0, 0.1) is 19.8 Å². The van der Waals surface area contributed by atoms with E-state index in [1.807, 2.05) is 26.0 Å². The number of hydrogen-bond donors (Lipinski definition) is 0. The smallest absolute Gasteiger partial charge is 0.293 e. The number of carbonyl (C=O) groups excluding carboxylic acids is 1. The molecule has 1 rings (SSSR count). The zero-order valence-electron chi connectivity index (χ0n) is 13.1. The molecule has 3 nitrogen and oxygen atoms in total. The van der Waals surface area contributed by atoms with Crippen molar-refractivity contribution in [2.75, 3.05) is 6.61 Å². The molecule has 0 radical (unpaired) electrons. The van der Waals surface area contributed by atoms with Crippen LogP contribution in [0.5, 0.6) is 0 Å². The summed E-state index contributed by atoms with van der Waals surface area (Å²) in [6.07, 6.45) is 4.53. The Kier molecular flexibility index (Phi) is 7.31. The summed E-state index contributed by atoms with van der Waals surface area (Å²) in [5, 5.41) is 0. The highest BCUT2D eigenvalue weighted by atomic mass is 17.2. The van der Waals surface area contributed by atoms with Crippen molar-refractivity contribution in [2.45, 2.75) is 53.4 Å². The number of carbonyl (C=O) groups is 1. The van der Waals surface area contributed by atoms with Crippen LogP contribution < -0.4 is 0 Å². The maximum absolute atomic E-state index is 12.0. The molecule has 0 aliphatic rings. The van der Waals surface area contributed by atoms with Crippen molar-refractivity contribution in [1.29, 1.82) is 0 Å². The van der Waals surface area contributed by atoms with Crippen molar-refractivity contribution in [3.05, 3.63) is 34.9 Å². The molecule has 0 N–H and O–H groups in total. The third-order valence-corrected chi connectivity index (χ3v) is 3.81. The highest BCUT2D eigenvalue weighted by Crippen LogP contribution is 2.16. The summed E-state index contributed by atoms with van der Waals surface area (Å²) in [4.78, 5) is 22.0. The quantitative estimate of drug-likeness (QED) is 0.514. The fourth-order valence-electron chi connectivity index (χ4n) is 2.10. The first kappa shape index (κ1) is 16.7. The van der Waals surface area contributed by atoms with Gasteiger partial charge in [-0.2, -0.15) is 4.89 Å². The Labute approximate surface area is 122 Å². The van der Waals surface area contributed by atoms with Gasteiger partial charge in [0, 0.05) is 0 Å². The summed E-state index contributed by atoms with van der Waals surface area (Å²) in [5.74, 6) is 0.0536. The first-order valence-electron chi connectivity index (χ1n) is 7.50. The molecule has 0 aliphatic carbocycles. The van der Waals surface area contributed by atoms with Crippen molar-refractivity contribution < 1.29 is 14.6 Å². The minimum absolute atomic E-state index is 0.406. The minimum atomic E-state index is -0.406. The molecule has 0 heterocycles. The monoisotopic (exact) mass is 278 g/mol. The van der Waals surface area contributed by atoms with E-state index in [2.05, 4.69) is 13.8 Å². The normalized spacial score (nSPS) is 12.2. The molecule has 1 aromatic carbocycles. The van der Waals surface area contributed by atoms with E-state index in [0.717, 1.165) is 24.0 Å². The second-order valence-electron chi connectivity index (χ2n) is 5.32. The molecule has 1 aromatic rings. The van der Waals surface area contributed by atoms with Crippen molar-refractivity contribution in [3.63, 3.8) is 0 Å². The van der Waals surface area contributed by atoms with E-state index in [1.54, 1.807) is 6.07 Å². The van der Waals surface area contributed by atoms with Crippen LogP contribution in [-0.4, -0.2) is 12.6 Å². The van der Waals surface area contributed by atoms with Crippen LogP contribution >= 0.6 is 0 Å². The molecule has 112 valence electrons. The zero-order valence-corrected chi connectivity index (χ0v) is 13.1. The van der Waals surface area contributed by atoms with Crippen LogP contribution in [0.15, 0.2) is 18.2 Å². The van der Waals surface area contributed by atoms with Gasteiger partial charge in [0.2, 0.25) is 0 Å². The summed E-state index contributed by atoms with van der Waals surface area (Å²) in [6.45, 7) is 8.68. The summed E-state index contributed by atoms with van der Waals surface area (Å²) in [5.41, 5.74) is 2.60. The molecule has 0 aromatic heterocycles. The molecule has 0 aliphatic heterocycles. The molecule has 0 fully saturated rings. The molecule has 1 unspecified atom stereocenters. The molecule has 0 saturated carbocycles. The van der Waals surface area contributed by atoms with Gasteiger partial charge in [-0.15, -0.1) is 0 Å². The van der Waals surface area contributed by atoms with Crippen molar-refractivity contribution in [3.8, 4) is 0 Å². The van der Waals surface area contributed by atoms with Gasteiger partial charge in [-0.25, -0.2) is 4.79 Å². The second kappa shape index (κ2) is 8.75. The predicted molar refractivity (Wildman–Crippen MR) is 80.6 cm³/mol. The molecule has 0 saturated heterocycles. The Morgan fingerprint density at radius 1 is 1.25 bits per heavy atom. The molecule has 0 amide bonds. The fraction of sp³-hybridized carbons (Fsp3) is 0.588. The average molecular weight is 278 g/mol. The number of benzene rings is 1. The summed E-state index contributed by atoms with van der Waals surface area (Å²) in [6, 6.07) is 5.60. The number of rotatable bonds is 8. The Morgan fingerprint density at radius 3 is 2.65 bits per heavy atom. The molecular weight excluding hydrogens is 252 g/mol. The van der Waals surface area contributed by atoms with Crippen molar-refractivity contribution in [2.24, 2.45) is 5.92 Å². The topological polar surface area (TPSA) is 35.5 Å². The van der Waals surface area contributed by atoms with E-state index < -0.39 is 5.97 Å². The van der Waals surface area contributed by atoms with Crippen LogP contribution in [0.4, 0.5) is 0 Å². The molecule has 20 heavy (non-hydrogen) atoms. The van der Waals surface area contributed by atoms with Crippen molar-refractivity contribution >= 4 is 5.97 Å². The van der Waals surface area contributed by atoms with E-state index in [1.165, 1.54) is 12.8 Å². The Bertz CT molecular complexity index is 426. The van der Waals surface area contributed by atoms with Crippen LogP contribution in [0.3, 0.4) is 0 Å². The fourth-order valence-corrected chi connectivity index (χ4v) is 2.10. The zero-order chi connectivity index (χ0) is 15.0. The predicted octanol–water partition coefficient (Wildman–Crippen LogP) is 4.61. The maximum atomic E-state index is 12.0. The third kappa shape index (κ3) is 4.97. The molecule has 3 heteroatoms. The standard InChI is InChI=1S/C17H26O3/c1-5-7-10-15(6-2)12-19-20-17(18)16-11-8-9-13(3)14(16)4/h8-9,11,15H,5-7,10,12H2,1-4H3.